The van der Waals surface area contributed by atoms with Crippen LogP contribution in [0.25, 0.3) is 10.8 Å². The van der Waals surface area contributed by atoms with E-state index in [9.17, 15) is 24.3 Å². The number of benzene rings is 2. The van der Waals surface area contributed by atoms with Gasteiger partial charge in [-0.25, -0.2) is 0 Å². The minimum absolute atomic E-state index is 0.338. The summed E-state index contributed by atoms with van der Waals surface area (Å²) < 4.78 is 0. The van der Waals surface area contributed by atoms with Gasteiger partial charge in [0.15, 0.2) is 0 Å². The summed E-state index contributed by atoms with van der Waals surface area (Å²) in [6.45, 7) is 5.94. The number of carbonyl (C=O) groups is 4. The van der Waals surface area contributed by atoms with Crippen molar-refractivity contribution >= 4 is 34.8 Å². The Hall–Kier alpha value is -3.30. The Bertz CT molecular complexity index is 1090. The molecule has 4 N–H and O–H groups in total. The predicted octanol–water partition coefficient (Wildman–Crippen LogP) is 1.93. The number of nitrogens with zero attached hydrogens (tertiary/aromatic N) is 1. The third kappa shape index (κ3) is 6.23. The number of aliphatic hydroxyl groups is 1. The van der Waals surface area contributed by atoms with Gasteiger partial charge in [-0.15, -0.1) is 0 Å². The van der Waals surface area contributed by atoms with Gasteiger partial charge in [0.1, 0.15) is 18.6 Å². The molecule has 9 nitrogen and oxygen atoms in total. The lowest BCUT2D eigenvalue weighted by molar-refractivity contribution is -0.141. The van der Waals surface area contributed by atoms with Crippen LogP contribution in [0.4, 0.5) is 0 Å². The summed E-state index contributed by atoms with van der Waals surface area (Å²) in [6.07, 6.45) is -0.223. The molecular formula is C26H33N3O6. The number of amides is 2. The molecule has 0 aliphatic carbocycles. The number of aldehydes is 1. The Morgan fingerprint density at radius 1 is 1.14 bits per heavy atom. The van der Waals surface area contributed by atoms with Gasteiger partial charge in [0, 0.05) is 12.1 Å². The molecule has 188 valence electrons. The first-order chi connectivity index (χ1) is 16.5. The molecule has 0 saturated carbocycles. The fourth-order valence-corrected chi connectivity index (χ4v) is 4.51. The van der Waals surface area contributed by atoms with Crippen molar-refractivity contribution in [1.29, 1.82) is 0 Å². The minimum Gasteiger partial charge on any atom is -0.481 e. The van der Waals surface area contributed by atoms with Crippen LogP contribution in [0.15, 0.2) is 42.5 Å². The zero-order valence-electron chi connectivity index (χ0n) is 20.2. The van der Waals surface area contributed by atoms with Gasteiger partial charge < -0.3 is 25.2 Å². The second-order valence-corrected chi connectivity index (χ2v) is 9.99. The van der Waals surface area contributed by atoms with Gasteiger partial charge in [-0.3, -0.25) is 19.7 Å². The van der Waals surface area contributed by atoms with Crippen LogP contribution in [0.3, 0.4) is 0 Å². The monoisotopic (exact) mass is 483 g/mol. The van der Waals surface area contributed by atoms with Crippen LogP contribution in [0, 0.1) is 5.41 Å². The first-order valence-electron chi connectivity index (χ1n) is 11.7. The standard InChI is InChI=1S/C26H33N3O6/c1-26(2,3)22(28-23(33)19-11-6-9-16-8-4-5-10-18(16)19)25(35)29-13-7-12-20(29)24(34)27-17(15-30)14-21(31)32/h4-6,8-11,15,17,20,22,24,27,34H,7,12-14H2,1-3H3,(H,28,33)(H,31,32)/t17-,20?,22+,24?/m0/s1. The van der Waals surface area contributed by atoms with Crippen molar-refractivity contribution in [2.45, 2.75) is 64.4 Å². The van der Waals surface area contributed by atoms with Crippen LogP contribution < -0.4 is 10.6 Å². The van der Waals surface area contributed by atoms with Gasteiger partial charge >= 0.3 is 5.97 Å². The maximum Gasteiger partial charge on any atom is 0.305 e. The lowest BCUT2D eigenvalue weighted by Crippen LogP contribution is -2.59. The molecular weight excluding hydrogens is 450 g/mol. The van der Waals surface area contributed by atoms with Gasteiger partial charge in [0.05, 0.1) is 18.5 Å². The molecule has 2 unspecified atom stereocenters. The lowest BCUT2D eigenvalue weighted by Gasteiger charge is -2.37. The smallest absolute Gasteiger partial charge is 0.305 e. The number of aliphatic carboxylic acids is 1. The quantitative estimate of drug-likeness (QED) is 0.316. The zero-order chi connectivity index (χ0) is 25.8. The Morgan fingerprint density at radius 3 is 2.49 bits per heavy atom. The topological polar surface area (TPSA) is 136 Å². The van der Waals surface area contributed by atoms with E-state index in [1.807, 2.05) is 51.1 Å². The summed E-state index contributed by atoms with van der Waals surface area (Å²) in [5, 5.41) is 26.9. The summed E-state index contributed by atoms with van der Waals surface area (Å²) in [4.78, 5) is 50.7. The van der Waals surface area contributed by atoms with E-state index in [1.54, 1.807) is 12.1 Å². The van der Waals surface area contributed by atoms with Crippen molar-refractivity contribution in [3.63, 3.8) is 0 Å². The summed E-state index contributed by atoms with van der Waals surface area (Å²) in [5.41, 5.74) is -0.162. The molecule has 3 rings (SSSR count). The molecule has 0 aromatic heterocycles. The molecule has 2 aromatic carbocycles. The van der Waals surface area contributed by atoms with E-state index in [2.05, 4.69) is 10.6 Å². The molecule has 2 aromatic rings. The molecule has 0 spiro atoms. The number of hydrogen-bond acceptors (Lipinski definition) is 6. The highest BCUT2D eigenvalue weighted by atomic mass is 16.4. The first-order valence-corrected chi connectivity index (χ1v) is 11.7. The summed E-state index contributed by atoms with van der Waals surface area (Å²) in [5.74, 6) is -1.88. The van der Waals surface area contributed by atoms with E-state index in [4.69, 9.17) is 5.11 Å². The van der Waals surface area contributed by atoms with Gasteiger partial charge in [0.2, 0.25) is 5.91 Å². The number of hydrogen-bond donors (Lipinski definition) is 4. The third-order valence-electron chi connectivity index (χ3n) is 6.31. The van der Waals surface area contributed by atoms with Crippen molar-refractivity contribution in [2.24, 2.45) is 5.41 Å². The highest BCUT2D eigenvalue weighted by Gasteiger charge is 2.42. The average molecular weight is 484 g/mol. The van der Waals surface area contributed by atoms with Crippen molar-refractivity contribution in [3.8, 4) is 0 Å². The number of carbonyl (C=O) groups excluding carboxylic acids is 3. The van der Waals surface area contributed by atoms with E-state index in [0.29, 0.717) is 31.2 Å². The minimum atomic E-state index is -1.29. The average Bonchev–Trinajstić information content (AvgIpc) is 3.30. The maximum absolute atomic E-state index is 13.7. The van der Waals surface area contributed by atoms with Crippen LogP contribution in [-0.4, -0.2) is 70.1 Å². The SMILES string of the molecule is CC(C)(C)[C@H](NC(=O)c1cccc2ccccc12)C(=O)N1CCCC1C(O)N[C@H](C=O)CC(=O)O. The largest absolute Gasteiger partial charge is 0.481 e. The summed E-state index contributed by atoms with van der Waals surface area (Å²) in [6, 6.07) is 10.3. The second kappa shape index (κ2) is 11.0. The van der Waals surface area contributed by atoms with Crippen molar-refractivity contribution in [2.75, 3.05) is 6.54 Å². The Morgan fingerprint density at radius 2 is 1.83 bits per heavy atom. The van der Waals surface area contributed by atoms with Crippen molar-refractivity contribution in [3.05, 3.63) is 48.0 Å². The second-order valence-electron chi connectivity index (χ2n) is 9.99. The van der Waals surface area contributed by atoms with Crippen LogP contribution in [0.5, 0.6) is 0 Å². The van der Waals surface area contributed by atoms with Gasteiger partial charge in [-0.2, -0.15) is 0 Å². The van der Waals surface area contributed by atoms with E-state index in [1.165, 1.54) is 4.90 Å². The molecule has 4 atom stereocenters. The van der Waals surface area contributed by atoms with Crippen LogP contribution in [0.2, 0.25) is 0 Å². The summed E-state index contributed by atoms with van der Waals surface area (Å²) >= 11 is 0. The molecule has 1 saturated heterocycles. The molecule has 0 radical (unpaired) electrons. The summed E-state index contributed by atoms with van der Waals surface area (Å²) in [7, 11) is 0. The number of rotatable bonds is 9. The Labute approximate surface area is 204 Å². The molecule has 1 heterocycles. The highest BCUT2D eigenvalue weighted by Crippen LogP contribution is 2.28. The van der Waals surface area contributed by atoms with Crippen LogP contribution in [0.1, 0.15) is 50.4 Å². The predicted molar refractivity (Wildman–Crippen MR) is 131 cm³/mol. The number of aliphatic hydroxyl groups excluding tert-OH is 1. The number of nitrogens with one attached hydrogen (secondary N) is 2. The fraction of sp³-hybridized carbons (Fsp3) is 0.462. The number of fused-ring (bicyclic) bond motifs is 1. The van der Waals surface area contributed by atoms with Crippen LogP contribution in [-0.2, 0) is 14.4 Å². The number of likely N-dealkylation sites (tertiary alicyclic amines) is 1. The Balaban J connectivity index is 1.81. The van der Waals surface area contributed by atoms with Gasteiger partial charge in [0.25, 0.3) is 5.91 Å². The number of carboxylic acid groups (broad SMARTS) is 1. The van der Waals surface area contributed by atoms with Crippen LogP contribution >= 0.6 is 0 Å². The van der Waals surface area contributed by atoms with E-state index in [0.717, 1.165) is 10.8 Å². The molecule has 35 heavy (non-hydrogen) atoms. The molecule has 1 fully saturated rings. The lowest BCUT2D eigenvalue weighted by atomic mass is 9.85. The molecule has 1 aliphatic heterocycles. The molecule has 2 amide bonds. The van der Waals surface area contributed by atoms with E-state index in [-0.39, 0.29) is 11.8 Å². The van der Waals surface area contributed by atoms with Crippen molar-refractivity contribution < 1.29 is 29.4 Å². The van der Waals surface area contributed by atoms with E-state index >= 15 is 0 Å². The maximum atomic E-state index is 13.7. The zero-order valence-corrected chi connectivity index (χ0v) is 20.2. The molecule has 0 bridgehead atoms. The third-order valence-corrected chi connectivity index (χ3v) is 6.31. The number of carboxylic acids is 1. The fourth-order valence-electron chi connectivity index (χ4n) is 4.51. The highest BCUT2D eigenvalue weighted by molar-refractivity contribution is 6.08. The van der Waals surface area contributed by atoms with Gasteiger partial charge in [-0.1, -0.05) is 57.2 Å². The molecule has 9 heteroatoms. The van der Waals surface area contributed by atoms with Gasteiger partial charge in [-0.05, 0) is 35.1 Å². The van der Waals surface area contributed by atoms with E-state index < -0.39 is 42.2 Å². The normalized spacial score (nSPS) is 18.6. The van der Waals surface area contributed by atoms with Crippen molar-refractivity contribution in [1.82, 2.24) is 15.5 Å². The first kappa shape index (κ1) is 26.3. The molecule has 1 aliphatic rings. The Kier molecular flexibility index (Phi) is 8.24.